The van der Waals surface area contributed by atoms with Gasteiger partial charge in [-0.25, -0.2) is 4.98 Å². The second kappa shape index (κ2) is 11.6. The van der Waals surface area contributed by atoms with Crippen LogP contribution in [0.2, 0.25) is 0 Å². The quantitative estimate of drug-likeness (QED) is 0.507. The maximum atomic E-state index is 12.1. The van der Waals surface area contributed by atoms with Gasteiger partial charge in [0.2, 0.25) is 11.8 Å². The van der Waals surface area contributed by atoms with Crippen molar-refractivity contribution >= 4 is 40.0 Å². The minimum atomic E-state index is -0.119. The molecule has 0 bridgehead atoms. The van der Waals surface area contributed by atoms with Crippen LogP contribution in [-0.2, 0) is 9.59 Å². The molecule has 1 N–H and O–H groups in total. The van der Waals surface area contributed by atoms with Crippen LogP contribution in [0.25, 0.3) is 6.08 Å². The number of para-hydroxylation sites is 1. The Labute approximate surface area is 182 Å². The lowest BCUT2D eigenvalue weighted by Gasteiger charge is -2.19. The standard InChI is InChI=1S/C23H30N4O2S/c1-19(28)27(21-10-5-4-6-11-21)23-25-20(18-30-23)12-13-22(29)24-14-9-17-26-15-7-2-3-8-16-26/h4-6,10-13,18H,2-3,7-9,14-17H2,1H3,(H,24,29)/b13-12+. The summed E-state index contributed by atoms with van der Waals surface area (Å²) in [4.78, 5) is 32.8. The summed E-state index contributed by atoms with van der Waals surface area (Å²) < 4.78 is 0. The molecule has 0 radical (unpaired) electrons. The third-order valence-corrected chi connectivity index (χ3v) is 5.93. The van der Waals surface area contributed by atoms with E-state index >= 15 is 0 Å². The van der Waals surface area contributed by atoms with E-state index in [9.17, 15) is 9.59 Å². The van der Waals surface area contributed by atoms with Crippen LogP contribution in [0.15, 0.2) is 41.8 Å². The molecule has 7 heteroatoms. The van der Waals surface area contributed by atoms with Gasteiger partial charge >= 0.3 is 0 Å². The van der Waals surface area contributed by atoms with Crippen LogP contribution in [0.5, 0.6) is 0 Å². The number of benzene rings is 1. The van der Waals surface area contributed by atoms with Crippen LogP contribution >= 0.6 is 11.3 Å². The Kier molecular flexibility index (Phi) is 8.59. The van der Waals surface area contributed by atoms with Crippen molar-refractivity contribution in [3.05, 3.63) is 47.5 Å². The van der Waals surface area contributed by atoms with Gasteiger partial charge in [-0.1, -0.05) is 31.0 Å². The number of amides is 2. The molecule has 160 valence electrons. The molecule has 6 nitrogen and oxygen atoms in total. The number of thiazole rings is 1. The summed E-state index contributed by atoms with van der Waals surface area (Å²) in [6.45, 7) is 5.59. The number of rotatable bonds is 8. The van der Waals surface area contributed by atoms with Gasteiger partial charge < -0.3 is 10.2 Å². The van der Waals surface area contributed by atoms with Crippen molar-refractivity contribution in [1.29, 1.82) is 0 Å². The molecule has 1 fully saturated rings. The van der Waals surface area contributed by atoms with E-state index in [1.54, 1.807) is 11.0 Å². The first kappa shape index (κ1) is 22.2. The summed E-state index contributed by atoms with van der Waals surface area (Å²) in [5, 5.41) is 5.37. The Morgan fingerprint density at radius 1 is 1.17 bits per heavy atom. The lowest BCUT2D eigenvalue weighted by atomic mass is 10.2. The van der Waals surface area contributed by atoms with E-state index in [0.29, 0.717) is 17.4 Å². The van der Waals surface area contributed by atoms with E-state index in [4.69, 9.17) is 0 Å². The van der Waals surface area contributed by atoms with E-state index in [1.165, 1.54) is 63.1 Å². The van der Waals surface area contributed by atoms with Crippen LogP contribution in [0.1, 0.15) is 44.7 Å². The summed E-state index contributed by atoms with van der Waals surface area (Å²) in [5.41, 5.74) is 1.44. The molecule has 1 aromatic heterocycles. The highest BCUT2D eigenvalue weighted by atomic mass is 32.1. The van der Waals surface area contributed by atoms with Gasteiger partial charge in [-0.3, -0.25) is 14.5 Å². The zero-order chi connectivity index (χ0) is 21.2. The number of hydrogen-bond donors (Lipinski definition) is 1. The average molecular weight is 427 g/mol. The highest BCUT2D eigenvalue weighted by Crippen LogP contribution is 2.28. The smallest absolute Gasteiger partial charge is 0.244 e. The van der Waals surface area contributed by atoms with Crippen LogP contribution in [-0.4, -0.2) is 47.9 Å². The molecule has 2 heterocycles. The Bertz CT molecular complexity index is 842. The number of nitrogens with one attached hydrogen (secondary N) is 1. The molecular formula is C23H30N4O2S. The van der Waals surface area contributed by atoms with E-state index in [0.717, 1.165) is 18.7 Å². The Morgan fingerprint density at radius 3 is 2.60 bits per heavy atom. The lowest BCUT2D eigenvalue weighted by Crippen LogP contribution is -2.30. The number of carbonyl (C=O) groups is 2. The molecule has 1 saturated heterocycles. The third kappa shape index (κ3) is 6.78. The number of nitrogens with zero attached hydrogens (tertiary/aromatic N) is 3. The average Bonchev–Trinajstić information content (AvgIpc) is 3.04. The molecule has 30 heavy (non-hydrogen) atoms. The van der Waals surface area contributed by atoms with Crippen LogP contribution in [0, 0.1) is 0 Å². The van der Waals surface area contributed by atoms with E-state index in [-0.39, 0.29) is 11.8 Å². The summed E-state index contributed by atoms with van der Waals surface area (Å²) >= 11 is 1.38. The molecule has 1 aromatic carbocycles. The minimum Gasteiger partial charge on any atom is -0.353 e. The SMILES string of the molecule is CC(=O)N(c1ccccc1)c1nc(/C=C/C(=O)NCCCN2CCCCCC2)cs1. The largest absolute Gasteiger partial charge is 0.353 e. The molecule has 1 aliphatic heterocycles. The second-order valence-corrected chi connectivity index (χ2v) is 8.32. The first-order valence-electron chi connectivity index (χ1n) is 10.6. The predicted molar refractivity (Wildman–Crippen MR) is 123 cm³/mol. The monoisotopic (exact) mass is 426 g/mol. The highest BCUT2D eigenvalue weighted by molar-refractivity contribution is 7.14. The summed E-state index contributed by atoms with van der Waals surface area (Å²) in [6, 6.07) is 9.42. The van der Waals surface area contributed by atoms with Crippen molar-refractivity contribution in [2.75, 3.05) is 31.1 Å². The predicted octanol–water partition coefficient (Wildman–Crippen LogP) is 4.22. The molecule has 3 rings (SSSR count). The summed E-state index contributed by atoms with van der Waals surface area (Å²) in [7, 11) is 0. The number of hydrogen-bond acceptors (Lipinski definition) is 5. The van der Waals surface area contributed by atoms with Gasteiger partial charge in [0.1, 0.15) is 0 Å². The normalized spacial score (nSPS) is 15.1. The first-order valence-corrected chi connectivity index (χ1v) is 11.5. The molecule has 0 saturated carbocycles. The molecule has 0 spiro atoms. The van der Waals surface area contributed by atoms with Crippen LogP contribution < -0.4 is 10.2 Å². The molecule has 2 amide bonds. The number of likely N-dealkylation sites (tertiary alicyclic amines) is 1. The van der Waals surface area contributed by atoms with Gasteiger partial charge in [0, 0.05) is 24.9 Å². The second-order valence-electron chi connectivity index (χ2n) is 7.48. The van der Waals surface area contributed by atoms with Crippen LogP contribution in [0.3, 0.4) is 0 Å². The van der Waals surface area contributed by atoms with Gasteiger partial charge in [-0.15, -0.1) is 11.3 Å². The van der Waals surface area contributed by atoms with Crippen LogP contribution in [0.4, 0.5) is 10.8 Å². The highest BCUT2D eigenvalue weighted by Gasteiger charge is 2.17. The van der Waals surface area contributed by atoms with Gasteiger partial charge in [0.05, 0.1) is 11.4 Å². The number of anilines is 2. The molecule has 0 atom stereocenters. The molecular weight excluding hydrogens is 396 g/mol. The van der Waals surface area contributed by atoms with Gasteiger partial charge in [0.15, 0.2) is 5.13 Å². The van der Waals surface area contributed by atoms with Crippen molar-refractivity contribution in [2.24, 2.45) is 0 Å². The fourth-order valence-corrected chi connectivity index (χ4v) is 4.41. The Balaban J connectivity index is 1.47. The van der Waals surface area contributed by atoms with E-state index in [1.807, 2.05) is 35.7 Å². The van der Waals surface area contributed by atoms with Crippen molar-refractivity contribution in [3.8, 4) is 0 Å². The first-order chi connectivity index (χ1) is 14.6. The number of carbonyl (C=O) groups excluding carboxylic acids is 2. The van der Waals surface area contributed by atoms with Crippen molar-refractivity contribution < 1.29 is 9.59 Å². The van der Waals surface area contributed by atoms with Gasteiger partial charge in [0.25, 0.3) is 0 Å². The zero-order valence-electron chi connectivity index (χ0n) is 17.5. The van der Waals surface area contributed by atoms with E-state index in [2.05, 4.69) is 15.2 Å². The molecule has 0 aliphatic carbocycles. The maximum Gasteiger partial charge on any atom is 0.244 e. The molecule has 1 aliphatic rings. The van der Waals surface area contributed by atoms with Crippen molar-refractivity contribution in [1.82, 2.24) is 15.2 Å². The minimum absolute atomic E-state index is 0.103. The fourth-order valence-electron chi connectivity index (χ4n) is 3.55. The van der Waals surface area contributed by atoms with Crippen molar-refractivity contribution in [2.45, 2.75) is 39.0 Å². The third-order valence-electron chi connectivity index (χ3n) is 5.08. The summed E-state index contributed by atoms with van der Waals surface area (Å²) in [6.07, 6.45) is 9.41. The molecule has 0 unspecified atom stereocenters. The van der Waals surface area contributed by atoms with E-state index < -0.39 is 0 Å². The fraction of sp³-hybridized carbons (Fsp3) is 0.435. The van der Waals surface area contributed by atoms with Gasteiger partial charge in [-0.05, 0) is 57.1 Å². The lowest BCUT2D eigenvalue weighted by molar-refractivity contribution is -0.117. The maximum absolute atomic E-state index is 12.1. The molecule has 2 aromatic rings. The zero-order valence-corrected chi connectivity index (χ0v) is 18.4. The number of aromatic nitrogens is 1. The topological polar surface area (TPSA) is 65.5 Å². The Morgan fingerprint density at radius 2 is 1.90 bits per heavy atom. The van der Waals surface area contributed by atoms with Crippen molar-refractivity contribution in [3.63, 3.8) is 0 Å². The van der Waals surface area contributed by atoms with Gasteiger partial charge in [-0.2, -0.15) is 0 Å². The Hall–Kier alpha value is -2.51. The summed E-state index contributed by atoms with van der Waals surface area (Å²) in [5.74, 6) is -0.222.